The molecule has 1 saturated heterocycles. The Morgan fingerprint density at radius 1 is 0.905 bits per heavy atom. The van der Waals surface area contributed by atoms with Crippen LogP contribution in [-0.2, 0) is 11.8 Å². The molecule has 0 aromatic heterocycles. The SMILES string of the molecule is C1=CC[C@]23CSC[C@]2(C1)CCc1ccc2ccccc2c13. The molecule has 0 radical (unpaired) electrons. The number of fused-ring (bicyclic) bond motifs is 3. The van der Waals surface area contributed by atoms with Gasteiger partial charge < -0.3 is 0 Å². The predicted molar refractivity (Wildman–Crippen MR) is 92.1 cm³/mol. The molecule has 1 heteroatoms. The van der Waals surface area contributed by atoms with Gasteiger partial charge in [0.05, 0.1) is 0 Å². The fourth-order valence-electron chi connectivity index (χ4n) is 5.15. The van der Waals surface area contributed by atoms with Crippen molar-refractivity contribution in [1.29, 1.82) is 0 Å². The molecule has 2 atom stereocenters. The molecule has 2 aromatic carbocycles. The molecule has 0 spiro atoms. The molecule has 3 aliphatic rings. The van der Waals surface area contributed by atoms with E-state index in [0.717, 1.165) is 0 Å². The summed E-state index contributed by atoms with van der Waals surface area (Å²) in [5.41, 5.74) is 4.27. The number of benzene rings is 2. The van der Waals surface area contributed by atoms with Gasteiger partial charge in [-0.25, -0.2) is 0 Å². The smallest absolute Gasteiger partial charge is 0.0154 e. The van der Waals surface area contributed by atoms with Crippen LogP contribution in [0.5, 0.6) is 0 Å². The maximum absolute atomic E-state index is 2.46. The Bertz CT molecular complexity index is 760. The Labute approximate surface area is 130 Å². The molecule has 106 valence electrons. The van der Waals surface area contributed by atoms with Gasteiger partial charge in [0.2, 0.25) is 0 Å². The summed E-state index contributed by atoms with van der Waals surface area (Å²) in [6, 6.07) is 13.8. The molecule has 2 aromatic rings. The van der Waals surface area contributed by atoms with Gasteiger partial charge in [0.15, 0.2) is 0 Å². The van der Waals surface area contributed by atoms with Gasteiger partial charge in [0.25, 0.3) is 0 Å². The van der Waals surface area contributed by atoms with Gasteiger partial charge in [0.1, 0.15) is 0 Å². The average Bonchev–Trinajstić information content (AvgIpc) is 2.94. The van der Waals surface area contributed by atoms with Crippen LogP contribution < -0.4 is 0 Å². The van der Waals surface area contributed by atoms with Crippen molar-refractivity contribution in [3.05, 3.63) is 59.7 Å². The van der Waals surface area contributed by atoms with Crippen molar-refractivity contribution in [2.45, 2.75) is 31.1 Å². The zero-order valence-corrected chi connectivity index (χ0v) is 13.1. The second-order valence-corrected chi connectivity index (χ2v) is 8.04. The van der Waals surface area contributed by atoms with E-state index in [9.17, 15) is 0 Å². The van der Waals surface area contributed by atoms with E-state index in [1.54, 1.807) is 11.1 Å². The Hall–Kier alpha value is -1.21. The Kier molecular flexibility index (Phi) is 2.45. The van der Waals surface area contributed by atoms with Crippen molar-refractivity contribution in [1.82, 2.24) is 0 Å². The number of rotatable bonds is 0. The zero-order chi connectivity index (χ0) is 13.9. The number of hydrogen-bond donors (Lipinski definition) is 0. The van der Waals surface area contributed by atoms with E-state index in [-0.39, 0.29) is 0 Å². The summed E-state index contributed by atoms with van der Waals surface area (Å²) < 4.78 is 0. The molecule has 0 amide bonds. The van der Waals surface area contributed by atoms with Crippen molar-refractivity contribution < 1.29 is 0 Å². The highest BCUT2D eigenvalue weighted by Gasteiger charge is 2.58. The average molecular weight is 292 g/mol. The topological polar surface area (TPSA) is 0 Å². The number of aryl methyl sites for hydroxylation is 1. The number of thioether (sulfide) groups is 1. The van der Waals surface area contributed by atoms with Gasteiger partial charge in [-0.2, -0.15) is 11.8 Å². The van der Waals surface area contributed by atoms with E-state index in [1.807, 2.05) is 0 Å². The third-order valence-corrected chi connectivity index (χ3v) is 7.70. The first-order valence-electron chi connectivity index (χ1n) is 8.09. The minimum absolute atomic E-state index is 0.404. The third kappa shape index (κ3) is 1.43. The predicted octanol–water partition coefficient (Wildman–Crippen LogP) is 5.11. The van der Waals surface area contributed by atoms with Crippen LogP contribution in [0.3, 0.4) is 0 Å². The molecule has 0 bridgehead atoms. The van der Waals surface area contributed by atoms with Gasteiger partial charge in [0, 0.05) is 16.9 Å². The molecule has 5 rings (SSSR count). The van der Waals surface area contributed by atoms with E-state index in [1.165, 1.54) is 48.0 Å². The molecule has 0 saturated carbocycles. The minimum atomic E-state index is 0.404. The lowest BCUT2D eigenvalue weighted by Crippen LogP contribution is -2.49. The van der Waals surface area contributed by atoms with E-state index in [2.05, 4.69) is 60.3 Å². The van der Waals surface area contributed by atoms with E-state index in [0.29, 0.717) is 10.8 Å². The minimum Gasteiger partial charge on any atom is -0.160 e. The highest BCUT2D eigenvalue weighted by Crippen LogP contribution is 2.64. The molecule has 0 nitrogen and oxygen atoms in total. The van der Waals surface area contributed by atoms with E-state index < -0.39 is 0 Å². The summed E-state index contributed by atoms with van der Waals surface area (Å²) >= 11 is 2.20. The van der Waals surface area contributed by atoms with E-state index in [4.69, 9.17) is 0 Å². The van der Waals surface area contributed by atoms with Crippen LogP contribution in [0.1, 0.15) is 30.4 Å². The molecular weight excluding hydrogens is 272 g/mol. The monoisotopic (exact) mass is 292 g/mol. The van der Waals surface area contributed by atoms with Crippen LogP contribution in [-0.4, -0.2) is 11.5 Å². The van der Waals surface area contributed by atoms with Gasteiger partial charge in [-0.05, 0) is 53.0 Å². The van der Waals surface area contributed by atoms with Gasteiger partial charge >= 0.3 is 0 Å². The first-order valence-corrected chi connectivity index (χ1v) is 9.24. The lowest BCUT2D eigenvalue weighted by atomic mass is 9.51. The van der Waals surface area contributed by atoms with Gasteiger partial charge in [-0.1, -0.05) is 48.6 Å². The first kappa shape index (κ1) is 12.3. The van der Waals surface area contributed by atoms with Crippen LogP contribution in [0, 0.1) is 5.41 Å². The molecule has 21 heavy (non-hydrogen) atoms. The van der Waals surface area contributed by atoms with Crippen LogP contribution >= 0.6 is 11.8 Å². The molecule has 1 fully saturated rings. The van der Waals surface area contributed by atoms with Crippen LogP contribution in [0.15, 0.2) is 48.6 Å². The van der Waals surface area contributed by atoms with Crippen LogP contribution in [0.2, 0.25) is 0 Å². The Balaban J connectivity index is 1.89. The maximum Gasteiger partial charge on any atom is 0.0154 e. The summed E-state index contributed by atoms with van der Waals surface area (Å²) in [5.74, 6) is 2.68. The first-order chi connectivity index (χ1) is 10.3. The highest BCUT2D eigenvalue weighted by molar-refractivity contribution is 7.99. The molecule has 0 unspecified atom stereocenters. The Morgan fingerprint density at radius 2 is 1.81 bits per heavy atom. The highest BCUT2D eigenvalue weighted by atomic mass is 32.2. The summed E-state index contributed by atoms with van der Waals surface area (Å²) in [6.45, 7) is 0. The lowest BCUT2D eigenvalue weighted by molar-refractivity contribution is 0.143. The van der Waals surface area contributed by atoms with Crippen molar-refractivity contribution in [3.63, 3.8) is 0 Å². The normalized spacial score (nSPS) is 33.5. The summed E-state index contributed by atoms with van der Waals surface area (Å²) in [7, 11) is 0. The molecular formula is C20H20S. The second kappa shape index (κ2) is 4.16. The van der Waals surface area contributed by atoms with Crippen LogP contribution in [0.4, 0.5) is 0 Å². The quantitative estimate of drug-likeness (QED) is 0.608. The Morgan fingerprint density at radius 3 is 2.81 bits per heavy atom. The molecule has 1 heterocycles. The number of hydrogen-bond acceptors (Lipinski definition) is 1. The van der Waals surface area contributed by atoms with Crippen molar-refractivity contribution in [2.24, 2.45) is 5.41 Å². The molecule has 0 N–H and O–H groups in total. The zero-order valence-electron chi connectivity index (χ0n) is 12.3. The number of allylic oxidation sites excluding steroid dienone is 2. The van der Waals surface area contributed by atoms with Crippen molar-refractivity contribution in [2.75, 3.05) is 11.5 Å². The summed E-state index contributed by atoms with van der Waals surface area (Å²) in [4.78, 5) is 0. The summed E-state index contributed by atoms with van der Waals surface area (Å²) in [6.07, 6.45) is 10.1. The third-order valence-electron chi connectivity index (χ3n) is 6.25. The van der Waals surface area contributed by atoms with Crippen molar-refractivity contribution >= 4 is 22.5 Å². The largest absolute Gasteiger partial charge is 0.160 e. The second-order valence-electron chi connectivity index (χ2n) is 7.06. The fraction of sp³-hybridized carbons (Fsp3) is 0.400. The summed E-state index contributed by atoms with van der Waals surface area (Å²) in [5, 5.41) is 2.95. The van der Waals surface area contributed by atoms with E-state index >= 15 is 0 Å². The van der Waals surface area contributed by atoms with Crippen LogP contribution in [0.25, 0.3) is 10.8 Å². The molecule has 2 aliphatic carbocycles. The lowest BCUT2D eigenvalue weighted by Gasteiger charge is -2.52. The molecule has 1 aliphatic heterocycles. The standard InChI is InChI=1S/C20H20S/c1-2-6-17-15(5-1)7-8-16-9-12-19-10-3-4-11-20(19,18(16)17)14-21-13-19/h1-8H,9-14H2/t19-,20+/m0/s1. The maximum atomic E-state index is 2.46. The fourth-order valence-corrected chi connectivity index (χ4v) is 7.10. The van der Waals surface area contributed by atoms with Gasteiger partial charge in [-0.15, -0.1) is 0 Å². The van der Waals surface area contributed by atoms with Crippen molar-refractivity contribution in [3.8, 4) is 0 Å². The van der Waals surface area contributed by atoms with Gasteiger partial charge in [-0.3, -0.25) is 0 Å².